The van der Waals surface area contributed by atoms with Gasteiger partial charge in [-0.05, 0) is 17.2 Å². The highest BCUT2D eigenvalue weighted by atomic mass is 35.5. The third kappa shape index (κ3) is 6.21. The van der Waals surface area contributed by atoms with Gasteiger partial charge in [0.05, 0.1) is 6.10 Å². The second kappa shape index (κ2) is 7.45. The minimum atomic E-state index is -4.43. The Balaban J connectivity index is 2.86. The van der Waals surface area contributed by atoms with Crippen LogP contribution in [0.3, 0.4) is 0 Å². The lowest BCUT2D eigenvalue weighted by atomic mass is 9.95. The van der Waals surface area contributed by atoms with Crippen molar-refractivity contribution < 1.29 is 22.7 Å². The summed E-state index contributed by atoms with van der Waals surface area (Å²) in [4.78, 5) is 10.7. The first-order valence-corrected chi connectivity index (χ1v) is 6.28. The van der Waals surface area contributed by atoms with E-state index in [9.17, 15) is 18.0 Å². The summed E-state index contributed by atoms with van der Waals surface area (Å²) in [5.41, 5.74) is 0.811. The Hall–Kier alpha value is -1.33. The lowest BCUT2D eigenvalue weighted by molar-refractivity contribution is -0.117. The van der Waals surface area contributed by atoms with Gasteiger partial charge in [-0.2, -0.15) is 13.2 Å². The topological polar surface area (TPSA) is 26.3 Å². The van der Waals surface area contributed by atoms with Gasteiger partial charge in [-0.3, -0.25) is 4.79 Å². The van der Waals surface area contributed by atoms with Crippen molar-refractivity contribution in [2.75, 3.05) is 6.61 Å². The molecule has 0 radical (unpaired) electrons. The maximum absolute atomic E-state index is 12.2. The fraction of sp³-hybridized carbons (Fsp3) is 0.357. The first-order valence-electron chi connectivity index (χ1n) is 5.90. The lowest BCUT2D eigenvalue weighted by Gasteiger charge is -2.21. The molecule has 0 heterocycles. The van der Waals surface area contributed by atoms with E-state index in [0.717, 1.165) is 11.6 Å². The molecular weight excluding hydrogens is 293 g/mol. The third-order valence-corrected chi connectivity index (χ3v) is 2.79. The molecule has 2 unspecified atom stereocenters. The first-order chi connectivity index (χ1) is 9.29. The van der Waals surface area contributed by atoms with Crippen LogP contribution < -0.4 is 0 Å². The van der Waals surface area contributed by atoms with Crippen molar-refractivity contribution >= 4 is 16.8 Å². The van der Waals surface area contributed by atoms with E-state index in [1.165, 1.54) is 0 Å². The molecule has 0 amide bonds. The van der Waals surface area contributed by atoms with Crippen molar-refractivity contribution in [3.63, 3.8) is 0 Å². The third-order valence-electron chi connectivity index (χ3n) is 2.68. The van der Waals surface area contributed by atoms with E-state index in [-0.39, 0.29) is 12.0 Å². The number of hydrogen-bond donors (Lipinski definition) is 0. The van der Waals surface area contributed by atoms with Crippen LogP contribution in [-0.2, 0) is 9.53 Å². The number of hydrogen-bond acceptors (Lipinski definition) is 2. The van der Waals surface area contributed by atoms with Gasteiger partial charge in [0.2, 0.25) is 5.24 Å². The van der Waals surface area contributed by atoms with Gasteiger partial charge in [0, 0.05) is 12.0 Å². The Morgan fingerprint density at radius 1 is 1.35 bits per heavy atom. The highest BCUT2D eigenvalue weighted by Gasteiger charge is 2.25. The quantitative estimate of drug-likeness (QED) is 0.585. The van der Waals surface area contributed by atoms with Gasteiger partial charge in [0.1, 0.15) is 6.61 Å². The van der Waals surface area contributed by atoms with Crippen LogP contribution in [0.1, 0.15) is 18.4 Å². The van der Waals surface area contributed by atoms with Gasteiger partial charge in [0.15, 0.2) is 0 Å². The van der Waals surface area contributed by atoms with E-state index < -0.39 is 24.1 Å². The maximum atomic E-state index is 12.2. The molecule has 6 heteroatoms. The Morgan fingerprint density at radius 3 is 2.45 bits per heavy atom. The summed E-state index contributed by atoms with van der Waals surface area (Å²) >= 11 is 5.15. The molecule has 2 nitrogen and oxygen atoms in total. The van der Waals surface area contributed by atoms with Crippen LogP contribution in [0.4, 0.5) is 13.2 Å². The average Bonchev–Trinajstić information content (AvgIpc) is 2.37. The zero-order valence-electron chi connectivity index (χ0n) is 10.7. The van der Waals surface area contributed by atoms with Crippen LogP contribution in [0.15, 0.2) is 42.5 Å². The average molecular weight is 307 g/mol. The Bertz CT molecular complexity index is 457. The van der Waals surface area contributed by atoms with Crippen LogP contribution in [-0.4, -0.2) is 24.1 Å². The van der Waals surface area contributed by atoms with E-state index >= 15 is 0 Å². The molecular formula is C14H14ClF3O2. The molecule has 0 aromatic heterocycles. The van der Waals surface area contributed by atoms with Crippen LogP contribution in [0, 0.1) is 0 Å². The van der Waals surface area contributed by atoms with Gasteiger partial charge in [-0.1, -0.05) is 43.3 Å². The van der Waals surface area contributed by atoms with Crippen LogP contribution in [0.2, 0.25) is 0 Å². The summed E-state index contributed by atoms with van der Waals surface area (Å²) in [6.45, 7) is 1.28. The SMILES string of the molecule is CC(c1ccccc1)C(/C=C\C(F)(F)F)OCC(=O)Cl. The molecule has 110 valence electrons. The second-order valence-corrected chi connectivity index (χ2v) is 4.65. The molecule has 0 fully saturated rings. The highest BCUT2D eigenvalue weighted by Crippen LogP contribution is 2.24. The standard InChI is InChI=1S/C14H14ClF3O2/c1-10(11-5-3-2-4-6-11)12(20-9-13(15)19)7-8-14(16,17)18/h2-8,10,12H,9H2,1H3/b8-7-. The number of carbonyl (C=O) groups is 1. The van der Waals surface area contributed by atoms with Crippen LogP contribution in [0.5, 0.6) is 0 Å². The summed E-state index contributed by atoms with van der Waals surface area (Å²) in [5, 5.41) is -0.754. The van der Waals surface area contributed by atoms with E-state index in [0.29, 0.717) is 0 Å². The Kier molecular flexibility index (Phi) is 6.23. The largest absolute Gasteiger partial charge is 0.409 e. The molecule has 1 rings (SSSR count). The van der Waals surface area contributed by atoms with Crippen molar-refractivity contribution in [2.45, 2.75) is 25.1 Å². The number of benzene rings is 1. The summed E-state index contributed by atoms with van der Waals surface area (Å²) in [7, 11) is 0. The van der Waals surface area contributed by atoms with Gasteiger partial charge in [0.25, 0.3) is 0 Å². The molecule has 0 aliphatic heterocycles. The predicted molar refractivity (Wildman–Crippen MR) is 70.7 cm³/mol. The highest BCUT2D eigenvalue weighted by molar-refractivity contribution is 6.63. The molecule has 0 bridgehead atoms. The van der Waals surface area contributed by atoms with Gasteiger partial charge in [-0.15, -0.1) is 0 Å². The van der Waals surface area contributed by atoms with E-state index in [1.807, 2.05) is 0 Å². The zero-order valence-corrected chi connectivity index (χ0v) is 11.5. The van der Waals surface area contributed by atoms with Crippen LogP contribution in [0.25, 0.3) is 0 Å². The molecule has 0 saturated carbocycles. The van der Waals surface area contributed by atoms with E-state index in [1.54, 1.807) is 37.3 Å². The van der Waals surface area contributed by atoms with Crippen molar-refractivity contribution in [3.8, 4) is 0 Å². The molecule has 20 heavy (non-hydrogen) atoms. The maximum Gasteiger partial charge on any atom is 0.409 e. The fourth-order valence-electron chi connectivity index (χ4n) is 1.68. The zero-order chi connectivity index (χ0) is 15.2. The predicted octanol–water partition coefficient (Wildman–Crippen LogP) is 4.06. The molecule has 0 saturated heterocycles. The molecule has 0 spiro atoms. The summed E-state index contributed by atoms with van der Waals surface area (Å²) in [6.07, 6.45) is -4.31. The van der Waals surface area contributed by atoms with Crippen LogP contribution >= 0.6 is 11.6 Å². The normalized spacial score (nSPS) is 15.2. The molecule has 1 aromatic rings. The Morgan fingerprint density at radius 2 is 1.95 bits per heavy atom. The number of carbonyl (C=O) groups excluding carboxylic acids is 1. The number of halogens is 4. The van der Waals surface area contributed by atoms with E-state index in [4.69, 9.17) is 16.3 Å². The molecule has 2 atom stereocenters. The molecule has 1 aromatic carbocycles. The minimum Gasteiger partial charge on any atom is -0.364 e. The number of ether oxygens (including phenoxy) is 1. The van der Waals surface area contributed by atoms with Gasteiger partial charge in [-0.25, -0.2) is 0 Å². The van der Waals surface area contributed by atoms with Gasteiger partial charge < -0.3 is 4.74 Å². The summed E-state index contributed by atoms with van der Waals surface area (Å²) in [6, 6.07) is 8.93. The minimum absolute atomic E-state index is 0.107. The lowest BCUT2D eigenvalue weighted by Crippen LogP contribution is -2.21. The molecule has 0 N–H and O–H groups in total. The molecule has 0 aliphatic rings. The van der Waals surface area contributed by atoms with Crippen molar-refractivity contribution in [1.29, 1.82) is 0 Å². The van der Waals surface area contributed by atoms with Crippen molar-refractivity contribution in [3.05, 3.63) is 48.0 Å². The molecule has 0 aliphatic carbocycles. The Labute approximate surface area is 120 Å². The van der Waals surface area contributed by atoms with Crippen molar-refractivity contribution in [2.24, 2.45) is 0 Å². The number of allylic oxidation sites excluding steroid dienone is 1. The smallest absolute Gasteiger partial charge is 0.364 e. The summed E-state index contributed by atoms with van der Waals surface area (Å²) < 4.78 is 41.9. The summed E-state index contributed by atoms with van der Waals surface area (Å²) in [5.74, 6) is -0.342. The van der Waals surface area contributed by atoms with Gasteiger partial charge >= 0.3 is 6.18 Å². The fourth-order valence-corrected chi connectivity index (χ4v) is 1.74. The first kappa shape index (κ1) is 16.7. The van der Waals surface area contributed by atoms with Crippen molar-refractivity contribution in [1.82, 2.24) is 0 Å². The monoisotopic (exact) mass is 306 g/mol. The van der Waals surface area contributed by atoms with E-state index in [2.05, 4.69) is 0 Å². The number of alkyl halides is 3. The number of rotatable bonds is 6. The second-order valence-electron chi connectivity index (χ2n) is 4.23.